The second-order valence-corrected chi connectivity index (χ2v) is 7.45. The van der Waals surface area contributed by atoms with Crippen LogP contribution in [-0.4, -0.2) is 11.0 Å². The summed E-state index contributed by atoms with van der Waals surface area (Å²) in [5.41, 5.74) is 2.53. The molecule has 1 aromatic heterocycles. The quantitative estimate of drug-likeness (QED) is 0.889. The number of hydrogen-bond acceptors (Lipinski definition) is 3. The molecule has 0 spiro atoms. The second kappa shape index (κ2) is 6.06. The highest BCUT2D eigenvalue weighted by Gasteiger charge is 2.22. The summed E-state index contributed by atoms with van der Waals surface area (Å²) in [4.78, 5) is 6.18. The molecule has 0 saturated heterocycles. The van der Waals surface area contributed by atoms with Gasteiger partial charge in [-0.3, -0.25) is 0 Å². The van der Waals surface area contributed by atoms with Crippen LogP contribution in [0.1, 0.15) is 45.3 Å². The third-order valence-corrected chi connectivity index (χ3v) is 4.63. The fourth-order valence-electron chi connectivity index (χ4n) is 1.91. The molecule has 2 aromatic rings. The van der Waals surface area contributed by atoms with E-state index in [0.29, 0.717) is 6.04 Å². The minimum atomic E-state index is 0.101. The molecule has 0 aliphatic heterocycles. The molecule has 1 aromatic carbocycles. The molecule has 0 fully saturated rings. The lowest BCUT2D eigenvalue weighted by atomic mass is 9.98. The summed E-state index contributed by atoms with van der Waals surface area (Å²) < 4.78 is 0. The van der Waals surface area contributed by atoms with Crippen LogP contribution in [0.25, 0.3) is 10.4 Å². The highest BCUT2D eigenvalue weighted by Crippen LogP contribution is 2.35. The van der Waals surface area contributed by atoms with Gasteiger partial charge in [0.15, 0.2) is 0 Å². The molecule has 0 amide bonds. The van der Waals surface area contributed by atoms with E-state index in [-0.39, 0.29) is 5.41 Å². The Labute approximate surface area is 126 Å². The molecular formula is C17H24N2S. The van der Waals surface area contributed by atoms with Crippen LogP contribution in [0.5, 0.6) is 0 Å². The van der Waals surface area contributed by atoms with Crippen molar-refractivity contribution < 1.29 is 0 Å². The van der Waals surface area contributed by atoms with Gasteiger partial charge in [0.05, 0.1) is 15.6 Å². The monoisotopic (exact) mass is 288 g/mol. The Morgan fingerprint density at radius 3 is 2.35 bits per heavy atom. The summed E-state index contributed by atoms with van der Waals surface area (Å²) in [5.74, 6) is 0. The SMILES string of the molecule is CC(C)NCc1nc(C(C)(C)C)sc1-c1ccccc1. The van der Waals surface area contributed by atoms with Crippen molar-refractivity contribution in [2.75, 3.05) is 0 Å². The van der Waals surface area contributed by atoms with Crippen molar-refractivity contribution in [2.24, 2.45) is 0 Å². The number of hydrogen-bond donors (Lipinski definition) is 1. The van der Waals surface area contributed by atoms with Crippen molar-refractivity contribution in [1.82, 2.24) is 10.3 Å². The summed E-state index contributed by atoms with van der Waals surface area (Å²) in [6.07, 6.45) is 0. The van der Waals surface area contributed by atoms with Gasteiger partial charge in [0.2, 0.25) is 0 Å². The van der Waals surface area contributed by atoms with Crippen LogP contribution in [0, 0.1) is 0 Å². The molecule has 0 aliphatic carbocycles. The van der Waals surface area contributed by atoms with Crippen molar-refractivity contribution in [3.63, 3.8) is 0 Å². The fourth-order valence-corrected chi connectivity index (χ4v) is 3.05. The van der Waals surface area contributed by atoms with Crippen LogP contribution in [0.2, 0.25) is 0 Å². The van der Waals surface area contributed by atoms with E-state index in [0.717, 1.165) is 6.54 Å². The Morgan fingerprint density at radius 1 is 1.15 bits per heavy atom. The van der Waals surface area contributed by atoms with Gasteiger partial charge in [0, 0.05) is 18.0 Å². The van der Waals surface area contributed by atoms with Gasteiger partial charge in [0.25, 0.3) is 0 Å². The Kier molecular flexibility index (Phi) is 4.61. The minimum Gasteiger partial charge on any atom is -0.309 e. The maximum atomic E-state index is 4.89. The number of aromatic nitrogens is 1. The van der Waals surface area contributed by atoms with E-state index in [4.69, 9.17) is 4.98 Å². The van der Waals surface area contributed by atoms with Gasteiger partial charge in [-0.25, -0.2) is 4.98 Å². The average Bonchev–Trinajstić information content (AvgIpc) is 2.81. The zero-order valence-electron chi connectivity index (χ0n) is 13.0. The fraction of sp³-hybridized carbons (Fsp3) is 0.471. The predicted octanol–water partition coefficient (Wildman–Crippen LogP) is 4.61. The van der Waals surface area contributed by atoms with E-state index in [9.17, 15) is 0 Å². The second-order valence-electron chi connectivity index (χ2n) is 6.45. The summed E-state index contributed by atoms with van der Waals surface area (Å²) in [6.45, 7) is 11.8. The maximum Gasteiger partial charge on any atom is 0.0988 e. The van der Waals surface area contributed by atoms with E-state index < -0.39 is 0 Å². The first-order chi connectivity index (χ1) is 9.38. The van der Waals surface area contributed by atoms with Crippen LogP contribution < -0.4 is 5.32 Å². The molecule has 108 valence electrons. The standard InChI is InChI=1S/C17H24N2S/c1-12(2)18-11-14-15(13-9-7-6-8-10-13)20-16(19-14)17(3,4)5/h6-10,12,18H,11H2,1-5H3. The summed E-state index contributed by atoms with van der Waals surface area (Å²) in [6, 6.07) is 11.0. The van der Waals surface area contributed by atoms with E-state index in [1.54, 1.807) is 0 Å². The molecule has 2 rings (SSSR count). The van der Waals surface area contributed by atoms with Crippen LogP contribution in [0.4, 0.5) is 0 Å². The van der Waals surface area contributed by atoms with Crippen molar-refractivity contribution in [3.8, 4) is 10.4 Å². The molecule has 0 aliphatic rings. The molecule has 2 nitrogen and oxygen atoms in total. The van der Waals surface area contributed by atoms with Crippen LogP contribution in [-0.2, 0) is 12.0 Å². The van der Waals surface area contributed by atoms with Crippen molar-refractivity contribution >= 4 is 11.3 Å². The van der Waals surface area contributed by atoms with E-state index in [1.165, 1.54) is 21.1 Å². The molecule has 0 radical (unpaired) electrons. The van der Waals surface area contributed by atoms with E-state index in [1.807, 2.05) is 11.3 Å². The van der Waals surface area contributed by atoms with Crippen molar-refractivity contribution in [2.45, 2.75) is 52.6 Å². The minimum absolute atomic E-state index is 0.101. The van der Waals surface area contributed by atoms with Crippen molar-refractivity contribution in [1.29, 1.82) is 0 Å². The first kappa shape index (κ1) is 15.2. The molecule has 1 heterocycles. The maximum absolute atomic E-state index is 4.89. The smallest absolute Gasteiger partial charge is 0.0988 e. The Hall–Kier alpha value is -1.19. The first-order valence-corrected chi connectivity index (χ1v) is 7.98. The zero-order chi connectivity index (χ0) is 14.8. The Balaban J connectivity index is 2.40. The highest BCUT2D eigenvalue weighted by molar-refractivity contribution is 7.15. The molecule has 0 bridgehead atoms. The molecular weight excluding hydrogens is 264 g/mol. The lowest BCUT2D eigenvalue weighted by Crippen LogP contribution is -2.22. The molecule has 3 heteroatoms. The third-order valence-electron chi connectivity index (χ3n) is 3.05. The van der Waals surface area contributed by atoms with Gasteiger partial charge >= 0.3 is 0 Å². The van der Waals surface area contributed by atoms with Gasteiger partial charge in [-0.2, -0.15) is 0 Å². The molecule has 1 N–H and O–H groups in total. The molecule has 0 saturated carbocycles. The van der Waals surface area contributed by atoms with Gasteiger partial charge in [-0.15, -0.1) is 11.3 Å². The van der Waals surface area contributed by atoms with Gasteiger partial charge in [-0.1, -0.05) is 65.0 Å². The molecule has 20 heavy (non-hydrogen) atoms. The largest absolute Gasteiger partial charge is 0.309 e. The van der Waals surface area contributed by atoms with Gasteiger partial charge in [0.1, 0.15) is 0 Å². The zero-order valence-corrected chi connectivity index (χ0v) is 13.8. The van der Waals surface area contributed by atoms with Gasteiger partial charge < -0.3 is 5.32 Å². The van der Waals surface area contributed by atoms with E-state index in [2.05, 4.69) is 70.3 Å². The summed E-state index contributed by atoms with van der Waals surface area (Å²) in [5, 5.41) is 4.69. The summed E-state index contributed by atoms with van der Waals surface area (Å²) >= 11 is 1.82. The highest BCUT2D eigenvalue weighted by atomic mass is 32.1. The normalized spacial score (nSPS) is 12.1. The average molecular weight is 288 g/mol. The van der Waals surface area contributed by atoms with Crippen molar-refractivity contribution in [3.05, 3.63) is 41.0 Å². The number of thiazole rings is 1. The topological polar surface area (TPSA) is 24.9 Å². The third kappa shape index (κ3) is 3.68. The first-order valence-electron chi connectivity index (χ1n) is 7.17. The lowest BCUT2D eigenvalue weighted by Gasteiger charge is -2.13. The Bertz CT molecular complexity index is 550. The number of benzene rings is 1. The molecule has 0 atom stereocenters. The number of nitrogens with one attached hydrogen (secondary N) is 1. The van der Waals surface area contributed by atoms with E-state index >= 15 is 0 Å². The number of rotatable bonds is 4. The number of nitrogens with zero attached hydrogens (tertiary/aromatic N) is 1. The molecule has 0 unspecified atom stereocenters. The van der Waals surface area contributed by atoms with Gasteiger partial charge in [-0.05, 0) is 5.56 Å². The predicted molar refractivity (Wildman–Crippen MR) is 88.2 cm³/mol. The lowest BCUT2D eigenvalue weighted by molar-refractivity contribution is 0.565. The Morgan fingerprint density at radius 2 is 1.80 bits per heavy atom. The van der Waals surface area contributed by atoms with Crippen LogP contribution in [0.3, 0.4) is 0 Å². The van der Waals surface area contributed by atoms with Crippen LogP contribution in [0.15, 0.2) is 30.3 Å². The summed E-state index contributed by atoms with van der Waals surface area (Å²) in [7, 11) is 0. The van der Waals surface area contributed by atoms with Crippen LogP contribution >= 0.6 is 11.3 Å².